The van der Waals surface area contributed by atoms with Gasteiger partial charge in [0.25, 0.3) is 0 Å². The summed E-state index contributed by atoms with van der Waals surface area (Å²) >= 11 is 0. The number of rotatable bonds is 7. The molecule has 0 aromatic heterocycles. The van der Waals surface area contributed by atoms with Gasteiger partial charge in [0.2, 0.25) is 5.91 Å². The van der Waals surface area contributed by atoms with E-state index in [0.29, 0.717) is 19.5 Å². The molecule has 2 aromatic carbocycles. The fraction of sp³-hybridized carbons (Fsp3) is 0.364. The summed E-state index contributed by atoms with van der Waals surface area (Å²) in [6.45, 7) is 3.33. The number of para-hydroxylation sites is 1. The number of nitrogens with one attached hydrogen (secondary N) is 3. The maximum absolute atomic E-state index is 11.6. The maximum atomic E-state index is 11.6. The zero-order chi connectivity index (χ0) is 19.8. The molecule has 1 aliphatic rings. The van der Waals surface area contributed by atoms with Crippen molar-refractivity contribution in [2.24, 2.45) is 4.99 Å². The van der Waals surface area contributed by atoms with Crippen LogP contribution in [0, 0.1) is 0 Å². The third kappa shape index (κ3) is 5.49. The zero-order valence-electron chi connectivity index (χ0n) is 16.5. The Hall–Kier alpha value is -3.02. The Morgan fingerprint density at radius 2 is 1.93 bits per heavy atom. The average Bonchev–Trinajstić information content (AvgIpc) is 3.12. The molecule has 0 bridgehead atoms. The smallest absolute Gasteiger partial charge is 0.224 e. The van der Waals surface area contributed by atoms with Crippen molar-refractivity contribution < 1.29 is 9.53 Å². The fourth-order valence-electron chi connectivity index (χ4n) is 3.14. The average molecular weight is 380 g/mol. The van der Waals surface area contributed by atoms with Gasteiger partial charge in [-0.3, -0.25) is 9.79 Å². The molecule has 1 heterocycles. The monoisotopic (exact) mass is 380 g/mol. The molecule has 0 aliphatic carbocycles. The number of guanidine groups is 1. The van der Waals surface area contributed by atoms with E-state index in [4.69, 9.17) is 4.74 Å². The van der Waals surface area contributed by atoms with Crippen LogP contribution in [0.2, 0.25) is 0 Å². The number of carbonyl (C=O) groups excluding carboxylic acids is 1. The van der Waals surface area contributed by atoms with Gasteiger partial charge in [-0.15, -0.1) is 0 Å². The summed E-state index contributed by atoms with van der Waals surface area (Å²) in [5, 5.41) is 9.53. The molecule has 0 radical (unpaired) electrons. The van der Waals surface area contributed by atoms with Gasteiger partial charge in [-0.05, 0) is 35.7 Å². The number of anilines is 1. The van der Waals surface area contributed by atoms with E-state index in [-0.39, 0.29) is 12.0 Å². The van der Waals surface area contributed by atoms with Crippen LogP contribution in [0.15, 0.2) is 53.5 Å². The first kappa shape index (κ1) is 19.7. The van der Waals surface area contributed by atoms with Crippen LogP contribution >= 0.6 is 0 Å². The molecule has 0 spiro atoms. The van der Waals surface area contributed by atoms with Crippen molar-refractivity contribution in [1.82, 2.24) is 10.6 Å². The highest BCUT2D eigenvalue weighted by molar-refractivity contribution is 5.90. The van der Waals surface area contributed by atoms with Crippen LogP contribution in [0.5, 0.6) is 5.75 Å². The molecule has 3 N–H and O–H groups in total. The quantitative estimate of drug-likeness (QED) is 0.510. The van der Waals surface area contributed by atoms with E-state index in [1.807, 2.05) is 49.4 Å². The third-order valence-corrected chi connectivity index (χ3v) is 4.61. The molecule has 0 saturated carbocycles. The SMILES string of the molecule is CCCC(=O)Nc1ccc(CNC(=NC)NCC2Cc3ccccc3O2)cc1. The van der Waals surface area contributed by atoms with Crippen LogP contribution in [-0.2, 0) is 17.8 Å². The van der Waals surface area contributed by atoms with E-state index in [0.717, 1.165) is 35.8 Å². The van der Waals surface area contributed by atoms with Crippen LogP contribution in [0.25, 0.3) is 0 Å². The first-order valence-electron chi connectivity index (χ1n) is 9.75. The number of aliphatic imine (C=N–C) groups is 1. The van der Waals surface area contributed by atoms with Crippen molar-refractivity contribution in [1.29, 1.82) is 0 Å². The zero-order valence-corrected chi connectivity index (χ0v) is 16.5. The van der Waals surface area contributed by atoms with E-state index >= 15 is 0 Å². The van der Waals surface area contributed by atoms with Crippen LogP contribution in [0.3, 0.4) is 0 Å². The van der Waals surface area contributed by atoms with E-state index in [2.05, 4.69) is 27.0 Å². The number of benzene rings is 2. The minimum Gasteiger partial charge on any atom is -0.488 e. The second kappa shape index (κ2) is 9.78. The van der Waals surface area contributed by atoms with Gasteiger partial charge in [-0.2, -0.15) is 0 Å². The Morgan fingerprint density at radius 1 is 1.14 bits per heavy atom. The summed E-state index contributed by atoms with van der Waals surface area (Å²) < 4.78 is 5.95. The molecular formula is C22H28N4O2. The number of ether oxygens (including phenoxy) is 1. The predicted octanol–water partition coefficient (Wildman–Crippen LogP) is 3.09. The molecule has 6 heteroatoms. The lowest BCUT2D eigenvalue weighted by molar-refractivity contribution is -0.116. The number of hydrogen-bond donors (Lipinski definition) is 3. The van der Waals surface area contributed by atoms with Crippen LogP contribution in [0.4, 0.5) is 5.69 Å². The van der Waals surface area contributed by atoms with Crippen molar-refractivity contribution in [3.05, 3.63) is 59.7 Å². The van der Waals surface area contributed by atoms with Crippen LogP contribution in [-0.4, -0.2) is 31.6 Å². The first-order chi connectivity index (χ1) is 13.7. The maximum Gasteiger partial charge on any atom is 0.224 e. The van der Waals surface area contributed by atoms with E-state index in [1.54, 1.807) is 7.05 Å². The number of fused-ring (bicyclic) bond motifs is 1. The largest absolute Gasteiger partial charge is 0.488 e. The Morgan fingerprint density at radius 3 is 2.64 bits per heavy atom. The van der Waals surface area contributed by atoms with Gasteiger partial charge in [0, 0.05) is 32.1 Å². The Kier molecular flexibility index (Phi) is 6.89. The van der Waals surface area contributed by atoms with Crippen molar-refractivity contribution in [3.63, 3.8) is 0 Å². The highest BCUT2D eigenvalue weighted by Crippen LogP contribution is 2.27. The second-order valence-corrected chi connectivity index (χ2v) is 6.85. The topological polar surface area (TPSA) is 74.8 Å². The van der Waals surface area contributed by atoms with Crippen molar-refractivity contribution in [2.45, 2.75) is 38.8 Å². The van der Waals surface area contributed by atoms with Crippen LogP contribution in [0.1, 0.15) is 30.9 Å². The first-order valence-corrected chi connectivity index (χ1v) is 9.75. The molecule has 0 fully saturated rings. The van der Waals surface area contributed by atoms with Crippen molar-refractivity contribution in [3.8, 4) is 5.75 Å². The van der Waals surface area contributed by atoms with Crippen molar-refractivity contribution in [2.75, 3.05) is 18.9 Å². The molecule has 1 amide bonds. The van der Waals surface area contributed by atoms with E-state index < -0.39 is 0 Å². The normalized spacial score (nSPS) is 15.5. The molecule has 3 rings (SSSR count). The predicted molar refractivity (Wildman–Crippen MR) is 113 cm³/mol. The van der Waals surface area contributed by atoms with Gasteiger partial charge in [0.05, 0.1) is 6.54 Å². The Balaban J connectivity index is 1.42. The van der Waals surface area contributed by atoms with Crippen molar-refractivity contribution >= 4 is 17.6 Å². The Bertz CT molecular complexity index is 793. The number of amides is 1. The molecule has 148 valence electrons. The molecular weight excluding hydrogens is 352 g/mol. The summed E-state index contributed by atoms with van der Waals surface area (Å²) in [5.41, 5.74) is 3.19. The standard InChI is InChI=1S/C22H28N4O2/c1-3-6-21(27)26-18-11-9-16(10-12-18)14-24-22(23-2)25-15-19-13-17-7-4-5-8-20(17)28-19/h4-5,7-12,19H,3,6,13-15H2,1-2H3,(H,26,27)(H2,23,24,25). The number of nitrogens with zero attached hydrogens (tertiary/aromatic N) is 1. The number of hydrogen-bond acceptors (Lipinski definition) is 3. The van der Waals surface area contributed by atoms with E-state index in [1.165, 1.54) is 5.56 Å². The molecule has 1 unspecified atom stereocenters. The van der Waals surface area contributed by atoms with Crippen LogP contribution < -0.4 is 20.7 Å². The molecule has 2 aromatic rings. The van der Waals surface area contributed by atoms with E-state index in [9.17, 15) is 4.79 Å². The summed E-state index contributed by atoms with van der Waals surface area (Å²) in [4.78, 5) is 15.9. The van der Waals surface area contributed by atoms with Gasteiger partial charge in [0.15, 0.2) is 5.96 Å². The lowest BCUT2D eigenvalue weighted by Gasteiger charge is -2.16. The lowest BCUT2D eigenvalue weighted by atomic mass is 10.1. The Labute approximate surface area is 166 Å². The fourth-order valence-corrected chi connectivity index (χ4v) is 3.14. The summed E-state index contributed by atoms with van der Waals surface area (Å²) in [5.74, 6) is 1.76. The molecule has 28 heavy (non-hydrogen) atoms. The third-order valence-electron chi connectivity index (χ3n) is 4.61. The second-order valence-electron chi connectivity index (χ2n) is 6.85. The number of carbonyl (C=O) groups is 1. The van der Waals surface area contributed by atoms with Gasteiger partial charge >= 0.3 is 0 Å². The molecule has 1 atom stereocenters. The summed E-state index contributed by atoms with van der Waals surface area (Å²) in [7, 11) is 1.76. The lowest BCUT2D eigenvalue weighted by Crippen LogP contribution is -2.41. The summed E-state index contributed by atoms with van der Waals surface area (Å²) in [6.07, 6.45) is 2.41. The molecule has 6 nitrogen and oxygen atoms in total. The molecule has 0 saturated heterocycles. The van der Waals surface area contributed by atoms with Gasteiger partial charge in [-0.25, -0.2) is 0 Å². The van der Waals surface area contributed by atoms with Gasteiger partial charge in [0.1, 0.15) is 11.9 Å². The molecule has 1 aliphatic heterocycles. The minimum atomic E-state index is 0.0502. The van der Waals surface area contributed by atoms with Gasteiger partial charge in [-0.1, -0.05) is 37.3 Å². The summed E-state index contributed by atoms with van der Waals surface area (Å²) in [6, 6.07) is 16.0. The van der Waals surface area contributed by atoms with Gasteiger partial charge < -0.3 is 20.7 Å². The highest BCUT2D eigenvalue weighted by atomic mass is 16.5. The minimum absolute atomic E-state index is 0.0502. The highest BCUT2D eigenvalue weighted by Gasteiger charge is 2.22.